The number of hydrogen-bond donors (Lipinski definition) is 1. The summed E-state index contributed by atoms with van der Waals surface area (Å²) < 4.78 is 5.60. The first-order valence-corrected chi connectivity index (χ1v) is 7.08. The summed E-state index contributed by atoms with van der Waals surface area (Å²) >= 11 is 0. The largest absolute Gasteiger partial charge is 0.377 e. The molecule has 2 heterocycles. The molecule has 2 saturated heterocycles. The van der Waals surface area contributed by atoms with Crippen LogP contribution in [0.2, 0.25) is 0 Å². The molecule has 2 fully saturated rings. The monoisotopic (exact) mass is 241 g/mol. The molecule has 0 spiro atoms. The lowest BCUT2D eigenvalue weighted by atomic mass is 10.2. The Balaban J connectivity index is 1.52. The lowest BCUT2D eigenvalue weighted by molar-refractivity contribution is 0.109. The van der Waals surface area contributed by atoms with Gasteiger partial charge in [0.25, 0.3) is 0 Å². The SMILES string of the molecule is CN1CCCN(CCNCC2CCCO2)CC1. The van der Waals surface area contributed by atoms with E-state index < -0.39 is 0 Å². The van der Waals surface area contributed by atoms with Gasteiger partial charge < -0.3 is 19.9 Å². The highest BCUT2D eigenvalue weighted by Gasteiger charge is 2.15. The van der Waals surface area contributed by atoms with Gasteiger partial charge in [0.05, 0.1) is 6.10 Å². The second-order valence-electron chi connectivity index (χ2n) is 5.34. The normalized spacial score (nSPS) is 28.4. The third kappa shape index (κ3) is 4.92. The van der Waals surface area contributed by atoms with E-state index in [0.29, 0.717) is 6.10 Å². The summed E-state index contributed by atoms with van der Waals surface area (Å²) in [5, 5.41) is 3.53. The molecule has 1 N–H and O–H groups in total. The first-order valence-electron chi connectivity index (χ1n) is 7.08. The molecule has 0 amide bonds. The summed E-state index contributed by atoms with van der Waals surface area (Å²) in [7, 11) is 2.22. The quantitative estimate of drug-likeness (QED) is 0.705. The number of nitrogens with one attached hydrogen (secondary N) is 1. The van der Waals surface area contributed by atoms with Crippen molar-refractivity contribution in [2.24, 2.45) is 0 Å². The van der Waals surface area contributed by atoms with Crippen LogP contribution in [0.25, 0.3) is 0 Å². The molecule has 1 atom stereocenters. The van der Waals surface area contributed by atoms with Gasteiger partial charge in [0, 0.05) is 39.3 Å². The third-order valence-corrected chi connectivity index (χ3v) is 3.81. The molecule has 2 aliphatic heterocycles. The Labute approximate surface area is 105 Å². The molecule has 100 valence electrons. The standard InChI is InChI=1S/C13H27N3O/c1-15-6-3-7-16(10-9-15)8-5-14-12-13-4-2-11-17-13/h13-14H,2-12H2,1H3. The summed E-state index contributed by atoms with van der Waals surface area (Å²) in [5.41, 5.74) is 0. The van der Waals surface area contributed by atoms with Crippen molar-refractivity contribution in [3.8, 4) is 0 Å². The molecule has 1 unspecified atom stereocenters. The summed E-state index contributed by atoms with van der Waals surface area (Å²) in [5.74, 6) is 0. The highest BCUT2D eigenvalue weighted by atomic mass is 16.5. The van der Waals surface area contributed by atoms with E-state index in [9.17, 15) is 0 Å². The van der Waals surface area contributed by atoms with Crippen molar-refractivity contribution in [2.45, 2.75) is 25.4 Å². The Bertz CT molecular complexity index is 207. The first-order chi connectivity index (χ1) is 8.34. The molecular formula is C13H27N3O. The van der Waals surface area contributed by atoms with Gasteiger partial charge in [0.1, 0.15) is 0 Å². The topological polar surface area (TPSA) is 27.7 Å². The van der Waals surface area contributed by atoms with Gasteiger partial charge in [0.15, 0.2) is 0 Å². The van der Waals surface area contributed by atoms with Gasteiger partial charge in [-0.15, -0.1) is 0 Å². The van der Waals surface area contributed by atoms with E-state index in [1.54, 1.807) is 0 Å². The molecule has 0 aliphatic carbocycles. The average molecular weight is 241 g/mol. The van der Waals surface area contributed by atoms with Crippen LogP contribution in [-0.2, 0) is 4.74 Å². The number of ether oxygens (including phenoxy) is 1. The molecule has 4 heteroatoms. The molecular weight excluding hydrogens is 214 g/mol. The Kier molecular flexibility index (Phi) is 5.71. The van der Waals surface area contributed by atoms with E-state index in [-0.39, 0.29) is 0 Å². The van der Waals surface area contributed by atoms with Gasteiger partial charge in [-0.1, -0.05) is 0 Å². The summed E-state index contributed by atoms with van der Waals surface area (Å²) in [4.78, 5) is 5.01. The predicted molar refractivity (Wildman–Crippen MR) is 70.4 cm³/mol. The van der Waals surface area contributed by atoms with Crippen molar-refractivity contribution in [2.75, 3.05) is 59.5 Å². The van der Waals surface area contributed by atoms with E-state index in [2.05, 4.69) is 22.2 Å². The van der Waals surface area contributed by atoms with Gasteiger partial charge >= 0.3 is 0 Å². The predicted octanol–water partition coefficient (Wildman–Crippen LogP) is 0.393. The minimum Gasteiger partial charge on any atom is -0.377 e. The van der Waals surface area contributed by atoms with E-state index in [1.807, 2.05) is 0 Å². The van der Waals surface area contributed by atoms with Crippen molar-refractivity contribution in [3.05, 3.63) is 0 Å². The van der Waals surface area contributed by atoms with Crippen molar-refractivity contribution in [3.63, 3.8) is 0 Å². The molecule has 2 rings (SSSR count). The number of likely N-dealkylation sites (N-methyl/N-ethyl adjacent to an activating group) is 1. The molecule has 0 radical (unpaired) electrons. The molecule has 0 aromatic carbocycles. The fourth-order valence-corrected chi connectivity index (χ4v) is 2.63. The zero-order chi connectivity index (χ0) is 11.9. The smallest absolute Gasteiger partial charge is 0.0700 e. The average Bonchev–Trinajstić information content (AvgIpc) is 2.75. The summed E-state index contributed by atoms with van der Waals surface area (Å²) in [6, 6.07) is 0. The maximum atomic E-state index is 5.60. The summed E-state index contributed by atoms with van der Waals surface area (Å²) in [6.07, 6.45) is 4.26. The van der Waals surface area contributed by atoms with Crippen LogP contribution in [0.1, 0.15) is 19.3 Å². The molecule has 2 aliphatic rings. The second-order valence-corrected chi connectivity index (χ2v) is 5.34. The minimum absolute atomic E-state index is 0.477. The van der Waals surface area contributed by atoms with Crippen molar-refractivity contribution in [1.29, 1.82) is 0 Å². The first kappa shape index (κ1) is 13.3. The maximum absolute atomic E-state index is 5.60. The van der Waals surface area contributed by atoms with Gasteiger partial charge in [0.2, 0.25) is 0 Å². The van der Waals surface area contributed by atoms with Gasteiger partial charge in [-0.3, -0.25) is 0 Å². The molecule has 0 aromatic rings. The Morgan fingerprint density at radius 3 is 2.94 bits per heavy atom. The highest BCUT2D eigenvalue weighted by Crippen LogP contribution is 2.10. The van der Waals surface area contributed by atoms with E-state index >= 15 is 0 Å². The van der Waals surface area contributed by atoms with Gasteiger partial charge in [-0.05, 0) is 39.4 Å². The van der Waals surface area contributed by atoms with Gasteiger partial charge in [-0.25, -0.2) is 0 Å². The molecule has 0 saturated carbocycles. The van der Waals surface area contributed by atoms with Crippen LogP contribution in [0, 0.1) is 0 Å². The minimum atomic E-state index is 0.477. The lowest BCUT2D eigenvalue weighted by Crippen LogP contribution is -2.37. The Morgan fingerprint density at radius 2 is 2.12 bits per heavy atom. The Morgan fingerprint density at radius 1 is 1.18 bits per heavy atom. The molecule has 4 nitrogen and oxygen atoms in total. The number of nitrogens with zero attached hydrogens (tertiary/aromatic N) is 2. The fraction of sp³-hybridized carbons (Fsp3) is 1.00. The van der Waals surface area contributed by atoms with Crippen LogP contribution >= 0.6 is 0 Å². The highest BCUT2D eigenvalue weighted by molar-refractivity contribution is 4.70. The van der Waals surface area contributed by atoms with Crippen LogP contribution in [0.5, 0.6) is 0 Å². The van der Waals surface area contributed by atoms with Crippen LogP contribution < -0.4 is 5.32 Å². The zero-order valence-corrected chi connectivity index (χ0v) is 11.2. The third-order valence-electron chi connectivity index (χ3n) is 3.81. The Hall–Kier alpha value is -0.160. The molecule has 0 bridgehead atoms. The summed E-state index contributed by atoms with van der Waals surface area (Å²) in [6.45, 7) is 9.22. The molecule has 0 aromatic heterocycles. The fourth-order valence-electron chi connectivity index (χ4n) is 2.63. The maximum Gasteiger partial charge on any atom is 0.0700 e. The van der Waals surface area contributed by atoms with Crippen LogP contribution in [0.4, 0.5) is 0 Å². The van der Waals surface area contributed by atoms with Crippen molar-refractivity contribution < 1.29 is 4.74 Å². The van der Waals surface area contributed by atoms with E-state index in [4.69, 9.17) is 4.74 Å². The van der Waals surface area contributed by atoms with Crippen molar-refractivity contribution >= 4 is 0 Å². The van der Waals surface area contributed by atoms with E-state index in [1.165, 1.54) is 52.0 Å². The van der Waals surface area contributed by atoms with Crippen LogP contribution in [0.15, 0.2) is 0 Å². The van der Waals surface area contributed by atoms with Gasteiger partial charge in [-0.2, -0.15) is 0 Å². The lowest BCUT2D eigenvalue weighted by Gasteiger charge is -2.20. The number of hydrogen-bond acceptors (Lipinski definition) is 4. The molecule has 17 heavy (non-hydrogen) atoms. The second kappa shape index (κ2) is 7.31. The van der Waals surface area contributed by atoms with Crippen LogP contribution in [0.3, 0.4) is 0 Å². The van der Waals surface area contributed by atoms with Crippen molar-refractivity contribution in [1.82, 2.24) is 15.1 Å². The van der Waals surface area contributed by atoms with E-state index in [0.717, 1.165) is 19.7 Å². The zero-order valence-electron chi connectivity index (χ0n) is 11.2. The van der Waals surface area contributed by atoms with Crippen LogP contribution in [-0.4, -0.2) is 75.4 Å². The number of rotatable bonds is 5.